The largest absolute Gasteiger partial charge is 0.497 e. The molecule has 0 aliphatic carbocycles. The van der Waals surface area contributed by atoms with Crippen molar-refractivity contribution in [3.63, 3.8) is 0 Å². The van der Waals surface area contributed by atoms with Crippen LogP contribution in [0.4, 0.5) is 0 Å². The van der Waals surface area contributed by atoms with Crippen LogP contribution in [0.15, 0.2) is 65.3 Å². The van der Waals surface area contributed by atoms with Crippen LogP contribution in [-0.4, -0.2) is 64.1 Å². The number of aromatic nitrogens is 3. The molecule has 0 bridgehead atoms. The Bertz CT molecular complexity index is 1280. The second-order valence-electron chi connectivity index (χ2n) is 8.35. The van der Waals surface area contributed by atoms with Gasteiger partial charge in [-0.1, -0.05) is 35.5 Å². The Morgan fingerprint density at radius 1 is 1.12 bits per heavy atom. The van der Waals surface area contributed by atoms with Gasteiger partial charge in [-0.25, -0.2) is 0 Å². The lowest BCUT2D eigenvalue weighted by Gasteiger charge is -2.33. The first kappa shape index (κ1) is 21.9. The third kappa shape index (κ3) is 5.02. The minimum Gasteiger partial charge on any atom is -0.497 e. The first-order valence-corrected chi connectivity index (χ1v) is 11.4. The van der Waals surface area contributed by atoms with E-state index in [4.69, 9.17) is 9.26 Å². The highest BCUT2D eigenvalue weighted by molar-refractivity contribution is 5.91. The third-order valence-electron chi connectivity index (χ3n) is 6.11. The molecular weight excluding hydrogens is 430 g/mol. The van der Waals surface area contributed by atoms with Crippen molar-refractivity contribution in [1.82, 2.24) is 24.9 Å². The predicted octanol–water partition coefficient (Wildman–Crippen LogP) is 3.51. The van der Waals surface area contributed by atoms with E-state index in [1.165, 1.54) is 5.39 Å². The van der Waals surface area contributed by atoms with Crippen LogP contribution >= 0.6 is 0 Å². The van der Waals surface area contributed by atoms with E-state index in [1.54, 1.807) is 13.2 Å². The first-order valence-electron chi connectivity index (χ1n) is 11.4. The van der Waals surface area contributed by atoms with E-state index in [-0.39, 0.29) is 5.91 Å². The highest BCUT2D eigenvalue weighted by atomic mass is 16.5. The fraction of sp³-hybridized carbons (Fsp3) is 0.269. The van der Waals surface area contributed by atoms with Gasteiger partial charge in [-0.15, -0.1) is 0 Å². The topological polar surface area (TPSA) is 87.5 Å². The van der Waals surface area contributed by atoms with Gasteiger partial charge >= 0.3 is 0 Å². The Balaban J connectivity index is 1.11. The Hall–Kier alpha value is -3.91. The van der Waals surface area contributed by atoms with E-state index in [0.717, 1.165) is 35.5 Å². The molecule has 1 amide bonds. The summed E-state index contributed by atoms with van der Waals surface area (Å²) in [6.45, 7) is 3.50. The zero-order valence-corrected chi connectivity index (χ0v) is 19.1. The van der Waals surface area contributed by atoms with E-state index in [0.29, 0.717) is 37.8 Å². The Morgan fingerprint density at radius 3 is 2.71 bits per heavy atom. The van der Waals surface area contributed by atoms with Crippen LogP contribution < -0.4 is 4.74 Å². The molecule has 2 aromatic heterocycles. The van der Waals surface area contributed by atoms with Crippen molar-refractivity contribution in [2.24, 2.45) is 0 Å². The summed E-state index contributed by atoms with van der Waals surface area (Å²) in [5, 5.41) is 5.33. The van der Waals surface area contributed by atoms with Gasteiger partial charge in [0.2, 0.25) is 11.8 Å². The predicted molar refractivity (Wildman–Crippen MR) is 129 cm³/mol. The van der Waals surface area contributed by atoms with Crippen molar-refractivity contribution in [2.45, 2.75) is 13.0 Å². The van der Waals surface area contributed by atoms with Crippen molar-refractivity contribution in [2.75, 3.05) is 33.3 Å². The number of H-pyrrole nitrogens is 1. The number of nitrogens with zero attached hydrogens (tertiary/aromatic N) is 4. The molecule has 4 aromatic rings. The number of nitrogens with one attached hydrogen (secondary N) is 1. The minimum absolute atomic E-state index is 0.0241. The van der Waals surface area contributed by atoms with Crippen molar-refractivity contribution in [1.29, 1.82) is 0 Å². The molecule has 3 heterocycles. The quantitative estimate of drug-likeness (QED) is 0.428. The number of rotatable bonds is 7. The summed E-state index contributed by atoms with van der Waals surface area (Å²) >= 11 is 0. The molecule has 1 aliphatic rings. The van der Waals surface area contributed by atoms with Crippen LogP contribution in [0.5, 0.6) is 5.75 Å². The fourth-order valence-electron chi connectivity index (χ4n) is 4.18. The van der Waals surface area contributed by atoms with Crippen molar-refractivity contribution < 1.29 is 14.1 Å². The number of carbonyl (C=O) groups is 1. The molecule has 34 heavy (non-hydrogen) atoms. The zero-order chi connectivity index (χ0) is 23.3. The molecule has 8 heteroatoms. The average molecular weight is 458 g/mol. The van der Waals surface area contributed by atoms with Crippen LogP contribution in [0.25, 0.3) is 17.0 Å². The number of aromatic amines is 1. The molecule has 8 nitrogen and oxygen atoms in total. The number of fused-ring (bicyclic) bond motifs is 1. The summed E-state index contributed by atoms with van der Waals surface area (Å²) in [5.41, 5.74) is 3.21. The van der Waals surface area contributed by atoms with Gasteiger partial charge in [0.15, 0.2) is 5.82 Å². The van der Waals surface area contributed by atoms with Crippen molar-refractivity contribution in [3.05, 3.63) is 83.6 Å². The lowest BCUT2D eigenvalue weighted by atomic mass is 10.1. The number of ether oxygens (including phenoxy) is 1. The Kier molecular flexibility index (Phi) is 6.40. The molecule has 0 atom stereocenters. The van der Waals surface area contributed by atoms with Crippen LogP contribution in [0.3, 0.4) is 0 Å². The summed E-state index contributed by atoms with van der Waals surface area (Å²) in [6.07, 6.45) is 6.06. The van der Waals surface area contributed by atoms with Gasteiger partial charge in [-0.3, -0.25) is 9.69 Å². The lowest BCUT2D eigenvalue weighted by molar-refractivity contribution is -0.127. The highest BCUT2D eigenvalue weighted by Gasteiger charge is 2.21. The minimum atomic E-state index is 0.0241. The highest BCUT2D eigenvalue weighted by Crippen LogP contribution is 2.20. The second-order valence-corrected chi connectivity index (χ2v) is 8.35. The van der Waals surface area contributed by atoms with E-state index in [2.05, 4.69) is 32.2 Å². The van der Waals surface area contributed by atoms with Gasteiger partial charge < -0.3 is 19.1 Å². The molecule has 0 radical (unpaired) electrons. The molecule has 0 saturated carbocycles. The van der Waals surface area contributed by atoms with E-state index in [1.807, 2.05) is 53.6 Å². The SMILES string of the molecule is COc1ccc(/C=C/C(=O)N2CCN(Cc3noc(Cc4c[nH]c5ccccc45)n3)CC2)cc1. The first-order chi connectivity index (χ1) is 16.7. The van der Waals surface area contributed by atoms with Crippen LogP contribution in [0.2, 0.25) is 0 Å². The maximum Gasteiger partial charge on any atom is 0.246 e. The van der Waals surface area contributed by atoms with Crippen LogP contribution in [0.1, 0.15) is 22.8 Å². The summed E-state index contributed by atoms with van der Waals surface area (Å²) in [6, 6.07) is 15.8. The van der Waals surface area contributed by atoms with Gasteiger partial charge in [0.25, 0.3) is 0 Å². The van der Waals surface area contributed by atoms with E-state index < -0.39 is 0 Å². The molecule has 1 N–H and O–H groups in total. The Morgan fingerprint density at radius 2 is 1.91 bits per heavy atom. The zero-order valence-electron chi connectivity index (χ0n) is 19.1. The van der Waals surface area contributed by atoms with E-state index in [9.17, 15) is 4.79 Å². The standard InChI is InChI=1S/C26H27N5O3/c1-33-21-9-6-19(7-10-21)8-11-26(32)31-14-12-30(13-15-31)18-24-28-25(34-29-24)16-20-17-27-23-5-3-2-4-22(20)23/h2-11,17,27H,12-16,18H2,1H3/b11-8+. The summed E-state index contributed by atoms with van der Waals surface area (Å²) in [5.74, 6) is 2.11. The lowest BCUT2D eigenvalue weighted by Crippen LogP contribution is -2.47. The summed E-state index contributed by atoms with van der Waals surface area (Å²) < 4.78 is 10.7. The van der Waals surface area contributed by atoms with Crippen molar-refractivity contribution >= 4 is 22.9 Å². The maximum atomic E-state index is 12.6. The monoisotopic (exact) mass is 457 g/mol. The smallest absolute Gasteiger partial charge is 0.246 e. The molecule has 5 rings (SSSR count). The molecular formula is C26H27N5O3. The number of piperazine rings is 1. The number of amides is 1. The van der Waals surface area contributed by atoms with Gasteiger partial charge in [-0.2, -0.15) is 4.98 Å². The van der Waals surface area contributed by atoms with E-state index >= 15 is 0 Å². The average Bonchev–Trinajstić information content (AvgIpc) is 3.50. The molecule has 1 saturated heterocycles. The summed E-state index contributed by atoms with van der Waals surface area (Å²) in [7, 11) is 1.64. The molecule has 0 spiro atoms. The van der Waals surface area contributed by atoms with Crippen LogP contribution in [0, 0.1) is 0 Å². The Labute approximate surface area is 197 Å². The van der Waals surface area contributed by atoms with Gasteiger partial charge in [-0.05, 0) is 35.4 Å². The fourth-order valence-corrected chi connectivity index (χ4v) is 4.18. The second kappa shape index (κ2) is 9.93. The van der Waals surface area contributed by atoms with Gasteiger partial charge in [0, 0.05) is 49.4 Å². The molecule has 2 aromatic carbocycles. The van der Waals surface area contributed by atoms with Gasteiger partial charge in [0.1, 0.15) is 5.75 Å². The number of carbonyl (C=O) groups excluding carboxylic acids is 1. The molecule has 1 fully saturated rings. The number of benzene rings is 2. The number of para-hydroxylation sites is 1. The molecule has 174 valence electrons. The number of hydrogen-bond donors (Lipinski definition) is 1. The third-order valence-corrected chi connectivity index (χ3v) is 6.11. The molecule has 0 unspecified atom stereocenters. The summed E-state index contributed by atoms with van der Waals surface area (Å²) in [4.78, 5) is 24.5. The number of hydrogen-bond acceptors (Lipinski definition) is 6. The van der Waals surface area contributed by atoms with Crippen LogP contribution in [-0.2, 0) is 17.8 Å². The van der Waals surface area contributed by atoms with Crippen molar-refractivity contribution in [3.8, 4) is 5.75 Å². The number of methoxy groups -OCH3 is 1. The maximum absolute atomic E-state index is 12.6. The normalized spacial score (nSPS) is 14.8. The molecule has 1 aliphatic heterocycles. The van der Waals surface area contributed by atoms with Gasteiger partial charge in [0.05, 0.1) is 20.1 Å².